The second kappa shape index (κ2) is 4.75. The highest BCUT2D eigenvalue weighted by Gasteiger charge is 2.29. The van der Waals surface area contributed by atoms with Gasteiger partial charge in [0.15, 0.2) is 0 Å². The minimum Gasteiger partial charge on any atom is -0.365 e. The lowest BCUT2D eigenvalue weighted by atomic mass is 9.86. The van der Waals surface area contributed by atoms with Crippen LogP contribution in [0, 0.1) is 0 Å². The van der Waals surface area contributed by atoms with Gasteiger partial charge in [-0.25, -0.2) is 0 Å². The first-order valence-corrected chi connectivity index (χ1v) is 5.33. The van der Waals surface area contributed by atoms with E-state index < -0.39 is 0 Å². The van der Waals surface area contributed by atoms with Gasteiger partial charge in [0, 0.05) is 0 Å². The number of carbonyl (C=O) groups is 1. The lowest BCUT2D eigenvalue weighted by Gasteiger charge is -2.35. The minimum absolute atomic E-state index is 0.0279. The van der Waals surface area contributed by atoms with Crippen molar-refractivity contribution in [3.05, 3.63) is 0 Å². The molecule has 0 aromatic heterocycles. The van der Waals surface area contributed by atoms with Gasteiger partial charge in [0.05, 0.1) is 5.60 Å². The maximum Gasteiger partial charge on any atom is 0.148 e. The van der Waals surface area contributed by atoms with Gasteiger partial charge in [0.25, 0.3) is 0 Å². The predicted octanol–water partition coefficient (Wildman–Crippen LogP) is 2.70. The molecule has 0 amide bonds. The van der Waals surface area contributed by atoms with Crippen LogP contribution >= 0.6 is 0 Å². The number of rotatable bonds is 4. The van der Waals surface area contributed by atoms with Gasteiger partial charge in [-0.15, -0.1) is 0 Å². The van der Waals surface area contributed by atoms with Crippen molar-refractivity contribution in [2.75, 3.05) is 0 Å². The van der Waals surface area contributed by atoms with Crippen LogP contribution < -0.4 is 0 Å². The number of carbonyl (C=O) groups excluding carboxylic acids is 1. The fourth-order valence-corrected chi connectivity index (χ4v) is 1.99. The maximum atomic E-state index is 10.6. The molecule has 1 aliphatic carbocycles. The van der Waals surface area contributed by atoms with Crippen molar-refractivity contribution in [2.24, 2.45) is 0 Å². The van der Waals surface area contributed by atoms with Crippen molar-refractivity contribution in [2.45, 2.75) is 64.1 Å². The molecular weight excluding hydrogens is 164 g/mol. The van der Waals surface area contributed by atoms with Crippen LogP contribution in [-0.4, -0.2) is 18.0 Å². The third-order valence-electron chi connectivity index (χ3n) is 2.90. The van der Waals surface area contributed by atoms with Crippen LogP contribution in [0.15, 0.2) is 0 Å². The SMILES string of the molecule is CCC(C=O)OC1(C)CCCCC1. The van der Waals surface area contributed by atoms with E-state index in [1.807, 2.05) is 6.92 Å². The Labute approximate surface area is 80.7 Å². The average Bonchev–Trinajstić information content (AvgIpc) is 2.15. The van der Waals surface area contributed by atoms with Crippen LogP contribution in [0.2, 0.25) is 0 Å². The molecule has 0 heterocycles. The molecule has 1 saturated carbocycles. The molecule has 0 spiro atoms. The van der Waals surface area contributed by atoms with Crippen molar-refractivity contribution in [1.29, 1.82) is 0 Å². The molecule has 1 fully saturated rings. The van der Waals surface area contributed by atoms with Crippen LogP contribution in [0.1, 0.15) is 52.4 Å². The fourth-order valence-electron chi connectivity index (χ4n) is 1.99. The average molecular weight is 184 g/mol. The smallest absolute Gasteiger partial charge is 0.148 e. The van der Waals surface area contributed by atoms with Crippen LogP contribution in [0.4, 0.5) is 0 Å². The summed E-state index contributed by atoms with van der Waals surface area (Å²) in [4.78, 5) is 10.6. The van der Waals surface area contributed by atoms with Gasteiger partial charge in [-0.05, 0) is 26.2 Å². The second-order valence-corrected chi connectivity index (χ2v) is 4.21. The van der Waals surface area contributed by atoms with Crippen molar-refractivity contribution < 1.29 is 9.53 Å². The largest absolute Gasteiger partial charge is 0.365 e. The van der Waals surface area contributed by atoms with Gasteiger partial charge < -0.3 is 9.53 Å². The Morgan fingerprint density at radius 2 is 2.00 bits per heavy atom. The van der Waals surface area contributed by atoms with E-state index in [0.29, 0.717) is 0 Å². The zero-order valence-corrected chi connectivity index (χ0v) is 8.71. The third kappa shape index (κ3) is 3.11. The molecule has 0 saturated heterocycles. The van der Waals surface area contributed by atoms with Gasteiger partial charge in [0.1, 0.15) is 12.4 Å². The molecule has 2 nitrogen and oxygen atoms in total. The molecular formula is C11H20O2. The second-order valence-electron chi connectivity index (χ2n) is 4.21. The molecule has 2 heteroatoms. The zero-order chi connectivity index (χ0) is 9.73. The third-order valence-corrected chi connectivity index (χ3v) is 2.90. The Hall–Kier alpha value is -0.370. The van der Waals surface area contributed by atoms with Crippen LogP contribution in [0.3, 0.4) is 0 Å². The molecule has 1 aliphatic rings. The van der Waals surface area contributed by atoms with Crippen molar-refractivity contribution in [1.82, 2.24) is 0 Å². The normalized spacial score (nSPS) is 23.8. The summed E-state index contributed by atoms with van der Waals surface area (Å²) in [5.41, 5.74) is -0.0279. The monoisotopic (exact) mass is 184 g/mol. The Morgan fingerprint density at radius 3 is 2.46 bits per heavy atom. The van der Waals surface area contributed by atoms with E-state index in [-0.39, 0.29) is 11.7 Å². The van der Waals surface area contributed by atoms with E-state index in [2.05, 4.69) is 6.92 Å². The Kier molecular flexibility index (Phi) is 3.91. The molecule has 0 bridgehead atoms. The van der Waals surface area contributed by atoms with E-state index in [4.69, 9.17) is 4.74 Å². The van der Waals surface area contributed by atoms with E-state index >= 15 is 0 Å². The summed E-state index contributed by atoms with van der Waals surface area (Å²) in [5, 5.41) is 0. The quantitative estimate of drug-likeness (QED) is 0.628. The summed E-state index contributed by atoms with van der Waals surface area (Å²) in [7, 11) is 0. The number of aldehydes is 1. The van der Waals surface area contributed by atoms with Gasteiger partial charge >= 0.3 is 0 Å². The molecule has 0 aromatic rings. The lowest BCUT2D eigenvalue weighted by Crippen LogP contribution is -2.36. The molecule has 1 rings (SSSR count). The maximum absolute atomic E-state index is 10.6. The summed E-state index contributed by atoms with van der Waals surface area (Å²) in [6.07, 6.45) is 7.55. The summed E-state index contributed by atoms with van der Waals surface area (Å²) < 4.78 is 5.81. The lowest BCUT2D eigenvalue weighted by molar-refractivity contribution is -0.136. The minimum atomic E-state index is -0.192. The first kappa shape index (κ1) is 10.7. The van der Waals surface area contributed by atoms with Crippen molar-refractivity contribution in [3.8, 4) is 0 Å². The summed E-state index contributed by atoms with van der Waals surface area (Å²) in [6.45, 7) is 4.13. The van der Waals surface area contributed by atoms with E-state index in [9.17, 15) is 4.79 Å². The number of ether oxygens (including phenoxy) is 1. The molecule has 1 unspecified atom stereocenters. The van der Waals surface area contributed by atoms with E-state index in [0.717, 1.165) is 25.5 Å². The van der Waals surface area contributed by atoms with Gasteiger partial charge in [-0.2, -0.15) is 0 Å². The first-order chi connectivity index (χ1) is 6.20. The highest BCUT2D eigenvalue weighted by Crippen LogP contribution is 2.32. The van der Waals surface area contributed by atoms with Gasteiger partial charge in [0.2, 0.25) is 0 Å². The number of hydrogen-bond donors (Lipinski definition) is 0. The summed E-state index contributed by atoms with van der Waals surface area (Å²) in [5.74, 6) is 0. The molecule has 76 valence electrons. The molecule has 0 aliphatic heterocycles. The summed E-state index contributed by atoms with van der Waals surface area (Å²) >= 11 is 0. The zero-order valence-electron chi connectivity index (χ0n) is 8.71. The highest BCUT2D eigenvalue weighted by atomic mass is 16.5. The Bertz CT molecular complexity index is 159. The van der Waals surface area contributed by atoms with Gasteiger partial charge in [-0.1, -0.05) is 26.2 Å². The topological polar surface area (TPSA) is 26.3 Å². The van der Waals surface area contributed by atoms with E-state index in [1.54, 1.807) is 0 Å². The molecule has 0 aromatic carbocycles. The highest BCUT2D eigenvalue weighted by molar-refractivity contribution is 5.55. The molecule has 0 N–H and O–H groups in total. The standard InChI is InChI=1S/C11H20O2/c1-3-10(9-12)13-11(2)7-5-4-6-8-11/h9-10H,3-8H2,1-2H3. The molecule has 1 atom stereocenters. The Morgan fingerprint density at radius 1 is 1.38 bits per heavy atom. The number of hydrogen-bond acceptors (Lipinski definition) is 2. The van der Waals surface area contributed by atoms with Crippen LogP contribution in [0.5, 0.6) is 0 Å². The molecule has 13 heavy (non-hydrogen) atoms. The van der Waals surface area contributed by atoms with E-state index in [1.165, 1.54) is 19.3 Å². The van der Waals surface area contributed by atoms with Crippen molar-refractivity contribution in [3.63, 3.8) is 0 Å². The van der Waals surface area contributed by atoms with Crippen LogP contribution in [-0.2, 0) is 9.53 Å². The van der Waals surface area contributed by atoms with Crippen LogP contribution in [0.25, 0.3) is 0 Å². The summed E-state index contributed by atoms with van der Waals surface area (Å²) in [6, 6.07) is 0. The van der Waals surface area contributed by atoms with Gasteiger partial charge in [-0.3, -0.25) is 0 Å². The fraction of sp³-hybridized carbons (Fsp3) is 0.909. The molecule has 0 radical (unpaired) electrons. The van der Waals surface area contributed by atoms with Crippen molar-refractivity contribution >= 4 is 6.29 Å². The Balaban J connectivity index is 2.43. The first-order valence-electron chi connectivity index (χ1n) is 5.33. The predicted molar refractivity (Wildman–Crippen MR) is 52.7 cm³/mol.